The van der Waals surface area contributed by atoms with Crippen LogP contribution in [0.3, 0.4) is 0 Å². The normalized spacial score (nSPS) is 11.2. The number of benzene rings is 1. The van der Waals surface area contributed by atoms with Crippen LogP contribution in [-0.4, -0.2) is 40.4 Å². The van der Waals surface area contributed by atoms with E-state index in [0.29, 0.717) is 12.2 Å². The summed E-state index contributed by atoms with van der Waals surface area (Å²) in [6.07, 6.45) is 4.73. The number of aromatic nitrogens is 3. The minimum Gasteiger partial charge on any atom is -0.378 e. The molecule has 6 nitrogen and oxygen atoms in total. The van der Waals surface area contributed by atoms with Gasteiger partial charge in [0.1, 0.15) is 0 Å². The van der Waals surface area contributed by atoms with Gasteiger partial charge in [-0.25, -0.2) is 9.67 Å². The van der Waals surface area contributed by atoms with Crippen LogP contribution in [0.2, 0.25) is 0 Å². The molecular weight excluding hydrogens is 316 g/mol. The molecule has 0 aliphatic heterocycles. The van der Waals surface area contributed by atoms with Crippen LogP contribution in [0.1, 0.15) is 29.8 Å². The molecule has 130 valence electrons. The molecule has 0 aliphatic rings. The monoisotopic (exact) mass is 338 g/mol. The van der Waals surface area contributed by atoms with E-state index in [1.54, 1.807) is 23.9 Å². The number of carbonyl (C=O) groups excluding carboxylic acids is 1. The zero-order valence-electron chi connectivity index (χ0n) is 14.7. The first-order chi connectivity index (χ1) is 12.1. The maximum absolute atomic E-state index is 11.6. The Hall–Kier alpha value is -2.73. The number of fused-ring (bicyclic) bond motifs is 1. The van der Waals surface area contributed by atoms with Crippen molar-refractivity contribution in [3.05, 3.63) is 53.9 Å². The van der Waals surface area contributed by atoms with E-state index in [0.717, 1.165) is 28.7 Å². The van der Waals surface area contributed by atoms with Crippen LogP contribution >= 0.6 is 0 Å². The lowest BCUT2D eigenvalue weighted by Crippen LogP contribution is -2.17. The Morgan fingerprint density at radius 2 is 2.00 bits per heavy atom. The average molecular weight is 338 g/mol. The van der Waals surface area contributed by atoms with Crippen LogP contribution in [0.5, 0.6) is 0 Å². The van der Waals surface area contributed by atoms with Gasteiger partial charge in [0.25, 0.3) is 5.91 Å². The molecule has 3 rings (SSSR count). The lowest BCUT2D eigenvalue weighted by atomic mass is 10.2. The van der Waals surface area contributed by atoms with E-state index in [-0.39, 0.29) is 12.0 Å². The standard InChI is InChI=1S/C19H22N4O2/c1-13(2)25-9-8-14-10-16-12-22-23(18(16)21-11-14)17-6-4-15(5-7-17)19(24)20-3/h4-7,10-13H,8-9H2,1-3H3,(H,20,24). The van der Waals surface area contributed by atoms with Gasteiger partial charge in [-0.2, -0.15) is 5.10 Å². The lowest BCUT2D eigenvalue weighted by molar-refractivity contribution is 0.0813. The van der Waals surface area contributed by atoms with Gasteiger partial charge in [-0.15, -0.1) is 0 Å². The van der Waals surface area contributed by atoms with Crippen molar-refractivity contribution in [2.45, 2.75) is 26.4 Å². The summed E-state index contributed by atoms with van der Waals surface area (Å²) in [4.78, 5) is 16.2. The molecule has 0 aliphatic carbocycles. The molecule has 0 atom stereocenters. The van der Waals surface area contributed by atoms with Crippen LogP contribution in [0.4, 0.5) is 0 Å². The highest BCUT2D eigenvalue weighted by Gasteiger charge is 2.09. The number of carbonyl (C=O) groups is 1. The Labute approximate surface area is 146 Å². The van der Waals surface area contributed by atoms with Crippen LogP contribution in [0.15, 0.2) is 42.7 Å². The van der Waals surface area contributed by atoms with Crippen molar-refractivity contribution in [1.82, 2.24) is 20.1 Å². The van der Waals surface area contributed by atoms with E-state index in [2.05, 4.69) is 21.5 Å². The van der Waals surface area contributed by atoms with Crippen molar-refractivity contribution in [3.63, 3.8) is 0 Å². The Kier molecular flexibility index (Phi) is 5.09. The Morgan fingerprint density at radius 3 is 2.68 bits per heavy atom. The Bertz CT molecular complexity index is 869. The predicted molar refractivity (Wildman–Crippen MR) is 97.0 cm³/mol. The summed E-state index contributed by atoms with van der Waals surface area (Å²) in [6, 6.07) is 9.37. The fourth-order valence-corrected chi connectivity index (χ4v) is 2.60. The van der Waals surface area contributed by atoms with Crippen molar-refractivity contribution in [1.29, 1.82) is 0 Å². The molecule has 0 fully saturated rings. The van der Waals surface area contributed by atoms with E-state index in [4.69, 9.17) is 4.74 Å². The second-order valence-electron chi connectivity index (χ2n) is 6.11. The summed E-state index contributed by atoms with van der Waals surface area (Å²) in [7, 11) is 1.62. The first-order valence-electron chi connectivity index (χ1n) is 8.35. The highest BCUT2D eigenvalue weighted by molar-refractivity contribution is 5.94. The van der Waals surface area contributed by atoms with Crippen molar-refractivity contribution in [3.8, 4) is 5.69 Å². The third-order valence-corrected chi connectivity index (χ3v) is 3.91. The van der Waals surface area contributed by atoms with Crippen LogP contribution in [0, 0.1) is 0 Å². The van der Waals surface area contributed by atoms with Gasteiger partial charge in [0.15, 0.2) is 5.65 Å². The summed E-state index contributed by atoms with van der Waals surface area (Å²) in [5.74, 6) is -0.108. The van der Waals surface area contributed by atoms with Crippen molar-refractivity contribution < 1.29 is 9.53 Å². The molecule has 2 aromatic heterocycles. The van der Waals surface area contributed by atoms with Gasteiger partial charge in [0.05, 0.1) is 24.6 Å². The van der Waals surface area contributed by atoms with Crippen molar-refractivity contribution in [2.75, 3.05) is 13.7 Å². The van der Waals surface area contributed by atoms with E-state index in [9.17, 15) is 4.79 Å². The van der Waals surface area contributed by atoms with Crippen molar-refractivity contribution >= 4 is 16.9 Å². The topological polar surface area (TPSA) is 69.0 Å². The van der Waals surface area contributed by atoms with Gasteiger partial charge in [-0.3, -0.25) is 4.79 Å². The predicted octanol–water partition coefficient (Wildman–Crippen LogP) is 2.75. The minimum absolute atomic E-state index is 0.108. The SMILES string of the molecule is CNC(=O)c1ccc(-n2ncc3cc(CCOC(C)C)cnc32)cc1. The first kappa shape index (κ1) is 17.1. The van der Waals surface area contributed by atoms with Crippen LogP contribution in [0.25, 0.3) is 16.7 Å². The molecule has 1 N–H and O–H groups in total. The number of ether oxygens (including phenoxy) is 1. The second-order valence-corrected chi connectivity index (χ2v) is 6.11. The summed E-state index contributed by atoms with van der Waals surface area (Å²) in [5.41, 5.74) is 3.40. The summed E-state index contributed by atoms with van der Waals surface area (Å²) < 4.78 is 7.37. The van der Waals surface area contributed by atoms with Gasteiger partial charge in [-0.1, -0.05) is 0 Å². The third-order valence-electron chi connectivity index (χ3n) is 3.91. The molecule has 3 aromatic rings. The number of nitrogens with one attached hydrogen (secondary N) is 1. The van der Waals surface area contributed by atoms with Gasteiger partial charge < -0.3 is 10.1 Å². The summed E-state index contributed by atoms with van der Waals surface area (Å²) in [5, 5.41) is 8.03. The Balaban J connectivity index is 1.82. The van der Waals surface area contributed by atoms with Crippen LogP contribution < -0.4 is 5.32 Å². The molecule has 1 amide bonds. The molecule has 2 heterocycles. The zero-order valence-corrected chi connectivity index (χ0v) is 14.7. The number of amides is 1. The van der Waals surface area contributed by atoms with Gasteiger partial charge >= 0.3 is 0 Å². The number of pyridine rings is 1. The van der Waals surface area contributed by atoms with Crippen molar-refractivity contribution in [2.24, 2.45) is 0 Å². The molecule has 6 heteroatoms. The second kappa shape index (κ2) is 7.44. The Morgan fingerprint density at radius 1 is 1.24 bits per heavy atom. The third kappa shape index (κ3) is 3.85. The number of hydrogen-bond donors (Lipinski definition) is 1. The summed E-state index contributed by atoms with van der Waals surface area (Å²) >= 11 is 0. The summed E-state index contributed by atoms with van der Waals surface area (Å²) in [6.45, 7) is 4.74. The largest absolute Gasteiger partial charge is 0.378 e. The molecule has 1 aromatic carbocycles. The highest BCUT2D eigenvalue weighted by atomic mass is 16.5. The molecule has 0 bridgehead atoms. The molecule has 0 radical (unpaired) electrons. The zero-order chi connectivity index (χ0) is 17.8. The lowest BCUT2D eigenvalue weighted by Gasteiger charge is -2.07. The smallest absolute Gasteiger partial charge is 0.251 e. The van der Waals surface area contributed by atoms with E-state index in [1.807, 2.05) is 38.4 Å². The molecular formula is C19H22N4O2. The number of rotatable bonds is 6. The average Bonchev–Trinajstić information content (AvgIpc) is 3.04. The van der Waals surface area contributed by atoms with E-state index in [1.165, 1.54) is 0 Å². The van der Waals surface area contributed by atoms with E-state index < -0.39 is 0 Å². The molecule has 0 saturated carbocycles. The van der Waals surface area contributed by atoms with E-state index >= 15 is 0 Å². The highest BCUT2D eigenvalue weighted by Crippen LogP contribution is 2.18. The van der Waals surface area contributed by atoms with Gasteiger partial charge in [0.2, 0.25) is 0 Å². The number of hydrogen-bond acceptors (Lipinski definition) is 4. The number of nitrogens with zero attached hydrogens (tertiary/aromatic N) is 3. The maximum atomic E-state index is 11.6. The molecule has 0 spiro atoms. The fourth-order valence-electron chi connectivity index (χ4n) is 2.60. The maximum Gasteiger partial charge on any atom is 0.251 e. The quantitative estimate of drug-likeness (QED) is 0.750. The molecule has 25 heavy (non-hydrogen) atoms. The van der Waals surface area contributed by atoms with Gasteiger partial charge in [0, 0.05) is 24.2 Å². The fraction of sp³-hybridized carbons (Fsp3) is 0.316. The van der Waals surface area contributed by atoms with Gasteiger partial charge in [-0.05, 0) is 56.2 Å². The van der Waals surface area contributed by atoms with Crippen LogP contribution in [-0.2, 0) is 11.2 Å². The first-order valence-corrected chi connectivity index (χ1v) is 8.35. The minimum atomic E-state index is -0.108. The molecule has 0 saturated heterocycles. The molecule has 0 unspecified atom stereocenters.